The Morgan fingerprint density at radius 2 is 2.00 bits per heavy atom. The number of carbonyl (C=O) groups is 1. The summed E-state index contributed by atoms with van der Waals surface area (Å²) in [5.41, 5.74) is 0. The maximum absolute atomic E-state index is 10.8. The Hall–Kier alpha value is -0.610. The number of likely N-dealkylation sites (tertiary alicyclic amines) is 1. The summed E-state index contributed by atoms with van der Waals surface area (Å²) in [6.45, 7) is 4.60. The van der Waals surface area contributed by atoms with Crippen molar-refractivity contribution in [3.05, 3.63) is 0 Å². The normalized spacial score (nSPS) is 17.3. The number of hydrogen-bond donors (Lipinski definition) is 1. The molecule has 0 aromatic heterocycles. The Balaban J connectivity index is 1.85. The van der Waals surface area contributed by atoms with Crippen molar-refractivity contribution in [3.8, 4) is 0 Å². The summed E-state index contributed by atoms with van der Waals surface area (Å²) >= 11 is 0. The zero-order valence-electron chi connectivity index (χ0n) is 10.3. The van der Waals surface area contributed by atoms with E-state index in [1.165, 1.54) is 45.3 Å². The molecule has 0 aromatic carbocycles. The lowest BCUT2D eigenvalue weighted by molar-refractivity contribution is -0.125. The molecule has 1 amide bonds. The predicted molar refractivity (Wildman–Crippen MR) is 64.4 cm³/mol. The Kier molecular flexibility index (Phi) is 7.17. The van der Waals surface area contributed by atoms with Gasteiger partial charge in [0.2, 0.25) is 5.91 Å². The molecule has 0 unspecified atom stereocenters. The maximum atomic E-state index is 10.8. The van der Waals surface area contributed by atoms with E-state index in [1.54, 1.807) is 7.05 Å². The van der Waals surface area contributed by atoms with Gasteiger partial charge in [0.05, 0.1) is 0 Å². The van der Waals surface area contributed by atoms with Crippen LogP contribution in [0, 0.1) is 0 Å². The van der Waals surface area contributed by atoms with Gasteiger partial charge in [-0.15, -0.1) is 0 Å². The van der Waals surface area contributed by atoms with Gasteiger partial charge >= 0.3 is 0 Å². The highest BCUT2D eigenvalue weighted by molar-refractivity contribution is 5.76. The molecule has 0 aliphatic carbocycles. The molecule has 0 bridgehead atoms. The number of likely N-dealkylation sites (N-methyl/N-ethyl adjacent to an activating group) is 1. The van der Waals surface area contributed by atoms with E-state index in [2.05, 4.69) is 10.2 Å². The van der Waals surface area contributed by atoms with Gasteiger partial charge in [0.25, 0.3) is 0 Å². The van der Waals surface area contributed by atoms with Gasteiger partial charge in [-0.25, -0.2) is 0 Å². The van der Waals surface area contributed by atoms with E-state index < -0.39 is 0 Å². The van der Waals surface area contributed by atoms with Gasteiger partial charge in [0.1, 0.15) is 6.61 Å². The number of rotatable bonds is 7. The zero-order valence-corrected chi connectivity index (χ0v) is 10.3. The predicted octanol–water partition coefficient (Wildman–Crippen LogP) is 1.02. The summed E-state index contributed by atoms with van der Waals surface area (Å²) < 4.78 is 5.25. The van der Waals surface area contributed by atoms with Gasteiger partial charge in [0.15, 0.2) is 0 Å². The van der Waals surface area contributed by atoms with Crippen LogP contribution in [0.3, 0.4) is 0 Å². The standard InChI is InChI=1S/C12H24N2O2/c1-13-12(15)11-16-10-6-5-9-14-7-3-2-4-8-14/h2-11H2,1H3,(H,13,15). The number of ether oxygens (including phenoxy) is 1. The molecule has 0 saturated carbocycles. The Labute approximate surface area is 98.3 Å². The van der Waals surface area contributed by atoms with E-state index in [0.717, 1.165) is 6.42 Å². The first kappa shape index (κ1) is 13.5. The molecule has 1 heterocycles. The van der Waals surface area contributed by atoms with Crippen LogP contribution in [-0.4, -0.2) is 50.7 Å². The third kappa shape index (κ3) is 6.08. The van der Waals surface area contributed by atoms with Gasteiger partial charge in [-0.1, -0.05) is 6.42 Å². The fourth-order valence-corrected chi connectivity index (χ4v) is 1.96. The van der Waals surface area contributed by atoms with E-state index in [1.807, 2.05) is 0 Å². The highest BCUT2D eigenvalue weighted by Crippen LogP contribution is 2.09. The molecular formula is C12H24N2O2. The third-order valence-corrected chi connectivity index (χ3v) is 2.97. The summed E-state index contributed by atoms with van der Waals surface area (Å²) in [6, 6.07) is 0. The quantitative estimate of drug-likeness (QED) is 0.661. The summed E-state index contributed by atoms with van der Waals surface area (Å²) in [5.74, 6) is -0.0453. The molecule has 1 rings (SSSR count). The van der Waals surface area contributed by atoms with Crippen LogP contribution >= 0.6 is 0 Å². The van der Waals surface area contributed by atoms with Crippen molar-refractivity contribution in [2.45, 2.75) is 32.1 Å². The van der Waals surface area contributed by atoms with Crippen LogP contribution in [0.1, 0.15) is 32.1 Å². The molecule has 0 spiro atoms. The molecule has 1 N–H and O–H groups in total. The smallest absolute Gasteiger partial charge is 0.245 e. The molecule has 94 valence electrons. The van der Waals surface area contributed by atoms with Crippen molar-refractivity contribution in [1.29, 1.82) is 0 Å². The van der Waals surface area contributed by atoms with Crippen molar-refractivity contribution in [1.82, 2.24) is 10.2 Å². The van der Waals surface area contributed by atoms with Crippen LogP contribution in [0.15, 0.2) is 0 Å². The SMILES string of the molecule is CNC(=O)COCCCCN1CCCCC1. The molecule has 1 aliphatic rings. The van der Waals surface area contributed by atoms with E-state index in [-0.39, 0.29) is 12.5 Å². The first-order valence-electron chi connectivity index (χ1n) is 6.33. The van der Waals surface area contributed by atoms with Crippen LogP contribution < -0.4 is 5.32 Å². The second-order valence-corrected chi connectivity index (χ2v) is 4.34. The second-order valence-electron chi connectivity index (χ2n) is 4.34. The monoisotopic (exact) mass is 228 g/mol. The molecule has 1 saturated heterocycles. The molecule has 4 nitrogen and oxygen atoms in total. The minimum Gasteiger partial charge on any atom is -0.372 e. The fraction of sp³-hybridized carbons (Fsp3) is 0.917. The number of nitrogens with one attached hydrogen (secondary N) is 1. The molecule has 0 radical (unpaired) electrons. The molecule has 4 heteroatoms. The van der Waals surface area contributed by atoms with Crippen LogP contribution in [-0.2, 0) is 9.53 Å². The summed E-state index contributed by atoms with van der Waals surface area (Å²) in [6.07, 6.45) is 6.33. The average Bonchev–Trinajstić information content (AvgIpc) is 2.34. The first-order chi connectivity index (χ1) is 7.83. The van der Waals surface area contributed by atoms with Gasteiger partial charge in [-0.3, -0.25) is 4.79 Å². The van der Waals surface area contributed by atoms with Crippen LogP contribution in [0.2, 0.25) is 0 Å². The lowest BCUT2D eigenvalue weighted by atomic mass is 10.1. The molecule has 16 heavy (non-hydrogen) atoms. The van der Waals surface area contributed by atoms with E-state index in [9.17, 15) is 4.79 Å². The third-order valence-electron chi connectivity index (χ3n) is 2.97. The highest BCUT2D eigenvalue weighted by Gasteiger charge is 2.08. The summed E-state index contributed by atoms with van der Waals surface area (Å²) in [4.78, 5) is 13.4. The Morgan fingerprint density at radius 3 is 2.69 bits per heavy atom. The lowest BCUT2D eigenvalue weighted by Crippen LogP contribution is -2.30. The molecule has 0 aromatic rings. The molecule has 1 aliphatic heterocycles. The van der Waals surface area contributed by atoms with E-state index in [4.69, 9.17) is 4.74 Å². The van der Waals surface area contributed by atoms with Crippen LogP contribution in [0.5, 0.6) is 0 Å². The lowest BCUT2D eigenvalue weighted by Gasteiger charge is -2.26. The van der Waals surface area contributed by atoms with Gasteiger partial charge in [-0.2, -0.15) is 0 Å². The zero-order chi connectivity index (χ0) is 11.6. The Morgan fingerprint density at radius 1 is 1.25 bits per heavy atom. The largest absolute Gasteiger partial charge is 0.372 e. The van der Waals surface area contributed by atoms with E-state index in [0.29, 0.717) is 6.61 Å². The van der Waals surface area contributed by atoms with Crippen molar-refractivity contribution < 1.29 is 9.53 Å². The Bertz CT molecular complexity index is 191. The number of piperidine rings is 1. The maximum Gasteiger partial charge on any atom is 0.245 e. The summed E-state index contributed by atoms with van der Waals surface area (Å²) in [5, 5.41) is 2.54. The molecular weight excluding hydrogens is 204 g/mol. The fourth-order valence-electron chi connectivity index (χ4n) is 1.96. The molecule has 0 atom stereocenters. The number of amides is 1. The van der Waals surface area contributed by atoms with Gasteiger partial charge in [0, 0.05) is 13.7 Å². The second kappa shape index (κ2) is 8.53. The van der Waals surface area contributed by atoms with Gasteiger partial charge in [-0.05, 0) is 45.3 Å². The van der Waals surface area contributed by atoms with E-state index >= 15 is 0 Å². The van der Waals surface area contributed by atoms with Crippen molar-refractivity contribution in [2.75, 3.05) is 39.9 Å². The van der Waals surface area contributed by atoms with Crippen molar-refractivity contribution in [3.63, 3.8) is 0 Å². The average molecular weight is 228 g/mol. The minimum atomic E-state index is -0.0453. The topological polar surface area (TPSA) is 41.6 Å². The van der Waals surface area contributed by atoms with Crippen LogP contribution in [0.25, 0.3) is 0 Å². The van der Waals surface area contributed by atoms with Crippen molar-refractivity contribution >= 4 is 5.91 Å². The van der Waals surface area contributed by atoms with Crippen molar-refractivity contribution in [2.24, 2.45) is 0 Å². The minimum absolute atomic E-state index is 0.0453. The number of hydrogen-bond acceptors (Lipinski definition) is 3. The summed E-state index contributed by atoms with van der Waals surface area (Å²) in [7, 11) is 1.63. The highest BCUT2D eigenvalue weighted by atomic mass is 16.5. The van der Waals surface area contributed by atoms with Crippen LogP contribution in [0.4, 0.5) is 0 Å². The molecule has 1 fully saturated rings. The first-order valence-corrected chi connectivity index (χ1v) is 6.33. The number of unbranched alkanes of at least 4 members (excludes halogenated alkanes) is 1. The number of carbonyl (C=O) groups excluding carboxylic acids is 1. The van der Waals surface area contributed by atoms with Gasteiger partial charge < -0.3 is 15.0 Å². The number of nitrogens with zero attached hydrogens (tertiary/aromatic N) is 1.